The van der Waals surface area contributed by atoms with Crippen LogP contribution in [0, 0.1) is 0 Å². The van der Waals surface area contributed by atoms with Gasteiger partial charge in [-0.25, -0.2) is 0 Å². The number of carbonyl (C=O) groups excluding carboxylic acids is 1. The molecule has 0 saturated carbocycles. The van der Waals surface area contributed by atoms with Crippen LogP contribution in [-0.2, 0) is 4.79 Å². The topological polar surface area (TPSA) is 69.8 Å². The maximum absolute atomic E-state index is 11.8. The molecule has 0 aromatic rings. The van der Waals surface area contributed by atoms with Crippen LogP contribution < -0.4 is 5.73 Å². The Balaban J connectivity index is 3.96. The predicted molar refractivity (Wildman–Crippen MR) is 65.1 cm³/mol. The molecule has 0 aliphatic carbocycles. The number of nitrogens with two attached hydrogens (primary N) is 1. The van der Waals surface area contributed by atoms with Gasteiger partial charge in [0.15, 0.2) is 0 Å². The molecule has 0 aromatic heterocycles. The van der Waals surface area contributed by atoms with Gasteiger partial charge in [-0.2, -0.15) is 0 Å². The van der Waals surface area contributed by atoms with Crippen LogP contribution in [0.25, 0.3) is 0 Å². The van der Waals surface area contributed by atoms with Crippen molar-refractivity contribution in [1.82, 2.24) is 9.80 Å². The summed E-state index contributed by atoms with van der Waals surface area (Å²) in [5.74, 6) is 0.0929. The molecule has 0 heterocycles. The van der Waals surface area contributed by atoms with Crippen molar-refractivity contribution in [2.45, 2.75) is 19.8 Å². The summed E-state index contributed by atoms with van der Waals surface area (Å²) in [5, 5.41) is 8.87. The number of likely N-dealkylation sites (N-methyl/N-ethyl adjacent to an activating group) is 1. The smallest absolute Gasteiger partial charge is 0.236 e. The van der Waals surface area contributed by atoms with Gasteiger partial charge >= 0.3 is 0 Å². The highest BCUT2D eigenvalue weighted by molar-refractivity contribution is 5.77. The van der Waals surface area contributed by atoms with Gasteiger partial charge in [-0.15, -0.1) is 0 Å². The third-order valence-corrected chi connectivity index (χ3v) is 2.44. The van der Waals surface area contributed by atoms with Crippen molar-refractivity contribution in [2.24, 2.45) is 5.73 Å². The molecule has 1 amide bonds. The van der Waals surface area contributed by atoms with Crippen LogP contribution in [0.2, 0.25) is 0 Å². The van der Waals surface area contributed by atoms with Crippen LogP contribution in [-0.4, -0.2) is 67.2 Å². The summed E-state index contributed by atoms with van der Waals surface area (Å²) in [7, 11) is 1.79. The number of amides is 1. The van der Waals surface area contributed by atoms with E-state index in [1.165, 1.54) is 0 Å². The number of carbonyl (C=O) groups is 1. The molecule has 0 aromatic carbocycles. The molecule has 96 valence electrons. The predicted octanol–water partition coefficient (Wildman–Crippen LogP) is -0.502. The summed E-state index contributed by atoms with van der Waals surface area (Å²) in [4.78, 5) is 15.4. The molecule has 0 aliphatic rings. The second-order valence-electron chi connectivity index (χ2n) is 3.96. The average molecular weight is 231 g/mol. The molecule has 0 bridgehead atoms. The van der Waals surface area contributed by atoms with Crippen molar-refractivity contribution in [3.05, 3.63) is 0 Å². The van der Waals surface area contributed by atoms with Gasteiger partial charge < -0.3 is 15.7 Å². The fourth-order valence-corrected chi connectivity index (χ4v) is 1.49. The molecule has 16 heavy (non-hydrogen) atoms. The first-order valence-corrected chi connectivity index (χ1v) is 5.92. The zero-order valence-electron chi connectivity index (χ0n) is 10.5. The van der Waals surface area contributed by atoms with E-state index < -0.39 is 0 Å². The lowest BCUT2D eigenvalue weighted by Gasteiger charge is -2.24. The van der Waals surface area contributed by atoms with E-state index in [1.54, 1.807) is 11.9 Å². The van der Waals surface area contributed by atoms with E-state index in [0.29, 0.717) is 26.2 Å². The minimum atomic E-state index is 0.0929. The third-order valence-electron chi connectivity index (χ3n) is 2.44. The molecule has 0 saturated heterocycles. The zero-order valence-corrected chi connectivity index (χ0v) is 10.5. The van der Waals surface area contributed by atoms with Crippen LogP contribution in [0.5, 0.6) is 0 Å². The van der Waals surface area contributed by atoms with E-state index in [9.17, 15) is 4.79 Å². The number of aliphatic hydroxyl groups excluding tert-OH is 1. The van der Waals surface area contributed by atoms with Gasteiger partial charge in [0.1, 0.15) is 0 Å². The van der Waals surface area contributed by atoms with Gasteiger partial charge in [0, 0.05) is 20.1 Å². The molecule has 0 atom stereocenters. The summed E-state index contributed by atoms with van der Waals surface area (Å²) in [6.45, 7) is 5.25. The van der Waals surface area contributed by atoms with Crippen molar-refractivity contribution < 1.29 is 9.90 Å². The number of nitrogens with zero attached hydrogens (tertiary/aromatic N) is 2. The summed E-state index contributed by atoms with van der Waals surface area (Å²) < 4.78 is 0. The SMILES string of the molecule is CCCN(CCO)CC(=O)N(C)CCCN. The lowest BCUT2D eigenvalue weighted by Crippen LogP contribution is -2.40. The number of aliphatic hydroxyl groups is 1. The van der Waals surface area contributed by atoms with Gasteiger partial charge in [0.25, 0.3) is 0 Å². The highest BCUT2D eigenvalue weighted by atomic mass is 16.3. The first kappa shape index (κ1) is 15.3. The minimum absolute atomic E-state index is 0.0929. The van der Waals surface area contributed by atoms with Crippen molar-refractivity contribution >= 4 is 5.91 Å². The number of hydrogen-bond donors (Lipinski definition) is 2. The normalized spacial score (nSPS) is 10.8. The van der Waals surface area contributed by atoms with Crippen LogP contribution in [0.4, 0.5) is 0 Å². The van der Waals surface area contributed by atoms with Crippen LogP contribution in [0.1, 0.15) is 19.8 Å². The maximum Gasteiger partial charge on any atom is 0.236 e. The van der Waals surface area contributed by atoms with E-state index in [2.05, 4.69) is 6.92 Å². The second-order valence-corrected chi connectivity index (χ2v) is 3.96. The summed E-state index contributed by atoms with van der Waals surface area (Å²) >= 11 is 0. The maximum atomic E-state index is 11.8. The van der Waals surface area contributed by atoms with Crippen LogP contribution >= 0.6 is 0 Å². The van der Waals surface area contributed by atoms with E-state index in [4.69, 9.17) is 10.8 Å². The Morgan fingerprint density at radius 1 is 1.31 bits per heavy atom. The molecule has 5 heteroatoms. The Morgan fingerprint density at radius 2 is 2.00 bits per heavy atom. The fourth-order valence-electron chi connectivity index (χ4n) is 1.49. The summed E-state index contributed by atoms with van der Waals surface area (Å²) in [5.41, 5.74) is 5.39. The third kappa shape index (κ3) is 6.76. The summed E-state index contributed by atoms with van der Waals surface area (Å²) in [6, 6.07) is 0. The molecule has 0 rings (SSSR count). The highest BCUT2D eigenvalue weighted by Crippen LogP contribution is 1.95. The molecule has 0 fully saturated rings. The molecule has 3 N–H and O–H groups in total. The number of rotatable bonds is 9. The average Bonchev–Trinajstić information content (AvgIpc) is 2.26. The van der Waals surface area contributed by atoms with Gasteiger partial charge in [-0.1, -0.05) is 6.92 Å². The van der Waals surface area contributed by atoms with Crippen LogP contribution in [0.15, 0.2) is 0 Å². The van der Waals surface area contributed by atoms with Gasteiger partial charge in [0.05, 0.1) is 13.2 Å². The lowest BCUT2D eigenvalue weighted by molar-refractivity contribution is -0.131. The van der Waals surface area contributed by atoms with Crippen LogP contribution in [0.3, 0.4) is 0 Å². The second kappa shape index (κ2) is 9.57. The van der Waals surface area contributed by atoms with Gasteiger partial charge in [-0.3, -0.25) is 9.69 Å². The Bertz CT molecular complexity index is 182. The lowest BCUT2D eigenvalue weighted by atomic mass is 10.3. The number of hydrogen-bond acceptors (Lipinski definition) is 4. The largest absolute Gasteiger partial charge is 0.395 e. The molecular formula is C11H25N3O2. The standard InChI is InChI=1S/C11H25N3O2/c1-3-6-14(8-9-15)10-11(16)13(2)7-4-5-12/h15H,3-10,12H2,1-2H3. The molecule has 0 radical (unpaired) electrons. The van der Waals surface area contributed by atoms with E-state index in [0.717, 1.165) is 19.4 Å². The zero-order chi connectivity index (χ0) is 12.4. The molecule has 0 aliphatic heterocycles. The highest BCUT2D eigenvalue weighted by Gasteiger charge is 2.12. The first-order chi connectivity index (χ1) is 7.65. The van der Waals surface area contributed by atoms with Crippen molar-refractivity contribution in [2.75, 3.05) is 46.4 Å². The first-order valence-electron chi connectivity index (χ1n) is 5.92. The van der Waals surface area contributed by atoms with E-state index in [-0.39, 0.29) is 12.5 Å². The summed E-state index contributed by atoms with van der Waals surface area (Å²) in [6.07, 6.45) is 1.82. The molecule has 0 spiro atoms. The van der Waals surface area contributed by atoms with Gasteiger partial charge in [0.2, 0.25) is 5.91 Å². The Labute approximate surface area is 98.2 Å². The van der Waals surface area contributed by atoms with Gasteiger partial charge in [-0.05, 0) is 25.9 Å². The molecule has 0 unspecified atom stereocenters. The van der Waals surface area contributed by atoms with E-state index >= 15 is 0 Å². The van der Waals surface area contributed by atoms with Crippen molar-refractivity contribution in [3.63, 3.8) is 0 Å². The quantitative estimate of drug-likeness (QED) is 0.561. The molecule has 5 nitrogen and oxygen atoms in total. The van der Waals surface area contributed by atoms with Crippen molar-refractivity contribution in [1.29, 1.82) is 0 Å². The minimum Gasteiger partial charge on any atom is -0.395 e. The fraction of sp³-hybridized carbons (Fsp3) is 0.909. The molecular weight excluding hydrogens is 206 g/mol. The Morgan fingerprint density at radius 3 is 2.50 bits per heavy atom. The Hall–Kier alpha value is -0.650. The van der Waals surface area contributed by atoms with Crippen molar-refractivity contribution in [3.8, 4) is 0 Å². The Kier molecular flexibility index (Phi) is 9.18. The van der Waals surface area contributed by atoms with E-state index in [1.807, 2.05) is 4.90 Å². The monoisotopic (exact) mass is 231 g/mol.